The van der Waals surface area contributed by atoms with Gasteiger partial charge in [-0.05, 0) is 37.8 Å². The highest BCUT2D eigenvalue weighted by atomic mass is 19.4. The SMILES string of the molecule is CC[C@@H]1C[C@H](C(F)(F)F)n2nc([C@@H]3CCCN3C(=O)Cc3ccccn3)cc2N1. The number of carbonyl (C=O) groups excluding carboxylic acids is 1. The fraction of sp³-hybridized carbons (Fsp3) is 0.550. The zero-order valence-corrected chi connectivity index (χ0v) is 16.2. The van der Waals surface area contributed by atoms with Crippen molar-refractivity contribution in [3.8, 4) is 0 Å². The summed E-state index contributed by atoms with van der Waals surface area (Å²) in [5.74, 6) is 0.299. The number of aromatic nitrogens is 3. The standard InChI is InChI=1S/C20H24F3N5O/c1-2-13-10-17(20(21,22)23)28-18(25-13)12-15(26-28)16-7-5-9-27(16)19(29)11-14-6-3-4-8-24-14/h3-4,6,8,12-13,16-17,25H,2,5,7,9-11H2,1H3/t13-,16+,17-/m1/s1. The molecule has 0 radical (unpaired) electrons. The van der Waals surface area contributed by atoms with Crippen molar-refractivity contribution in [2.24, 2.45) is 0 Å². The van der Waals surface area contributed by atoms with Crippen molar-refractivity contribution in [3.63, 3.8) is 0 Å². The van der Waals surface area contributed by atoms with Crippen LogP contribution in [0, 0.1) is 0 Å². The quantitative estimate of drug-likeness (QED) is 0.836. The van der Waals surface area contributed by atoms with Crippen LogP contribution in [0.1, 0.15) is 56.1 Å². The number of anilines is 1. The molecule has 29 heavy (non-hydrogen) atoms. The topological polar surface area (TPSA) is 63.1 Å². The van der Waals surface area contributed by atoms with E-state index in [1.165, 1.54) is 0 Å². The summed E-state index contributed by atoms with van der Waals surface area (Å²) < 4.78 is 41.9. The summed E-state index contributed by atoms with van der Waals surface area (Å²) in [4.78, 5) is 18.7. The lowest BCUT2D eigenvalue weighted by molar-refractivity contribution is -0.173. The Morgan fingerprint density at radius 2 is 2.17 bits per heavy atom. The number of likely N-dealkylation sites (tertiary alicyclic amines) is 1. The van der Waals surface area contributed by atoms with Crippen LogP contribution in [0.15, 0.2) is 30.5 Å². The van der Waals surface area contributed by atoms with Crippen LogP contribution in [0.25, 0.3) is 0 Å². The Morgan fingerprint density at radius 3 is 2.86 bits per heavy atom. The third-order valence-electron chi connectivity index (χ3n) is 5.75. The predicted octanol–water partition coefficient (Wildman–Crippen LogP) is 3.88. The maximum absolute atomic E-state index is 13.6. The van der Waals surface area contributed by atoms with Crippen LogP contribution >= 0.6 is 0 Å². The summed E-state index contributed by atoms with van der Waals surface area (Å²) in [6, 6.07) is 4.89. The summed E-state index contributed by atoms with van der Waals surface area (Å²) in [6.45, 7) is 2.44. The molecule has 1 fully saturated rings. The van der Waals surface area contributed by atoms with Crippen LogP contribution in [-0.4, -0.2) is 44.3 Å². The molecule has 0 aliphatic carbocycles. The maximum atomic E-state index is 13.6. The number of amides is 1. The molecule has 1 saturated heterocycles. The van der Waals surface area contributed by atoms with Gasteiger partial charge in [-0.25, -0.2) is 4.68 Å². The van der Waals surface area contributed by atoms with E-state index in [9.17, 15) is 18.0 Å². The summed E-state index contributed by atoms with van der Waals surface area (Å²) in [7, 11) is 0. The Labute approximate surface area is 167 Å². The molecule has 0 saturated carbocycles. The first-order chi connectivity index (χ1) is 13.9. The number of nitrogens with zero attached hydrogens (tertiary/aromatic N) is 4. The van der Waals surface area contributed by atoms with Gasteiger partial charge >= 0.3 is 6.18 Å². The molecule has 0 bridgehead atoms. The van der Waals surface area contributed by atoms with E-state index in [1.807, 2.05) is 13.0 Å². The summed E-state index contributed by atoms with van der Waals surface area (Å²) >= 11 is 0. The van der Waals surface area contributed by atoms with Gasteiger partial charge in [-0.3, -0.25) is 9.78 Å². The minimum absolute atomic E-state index is 0.0406. The lowest BCUT2D eigenvalue weighted by atomic mass is 10.0. The molecule has 0 spiro atoms. The second kappa shape index (κ2) is 7.68. The highest BCUT2D eigenvalue weighted by Crippen LogP contribution is 2.42. The van der Waals surface area contributed by atoms with E-state index in [-0.39, 0.29) is 30.8 Å². The third kappa shape index (κ3) is 3.95. The molecule has 4 heterocycles. The molecule has 9 heteroatoms. The lowest BCUT2D eigenvalue weighted by Crippen LogP contribution is -2.39. The molecule has 4 rings (SSSR count). The Bertz CT molecular complexity index is 867. The van der Waals surface area contributed by atoms with E-state index in [2.05, 4.69) is 15.4 Å². The van der Waals surface area contributed by atoms with E-state index >= 15 is 0 Å². The van der Waals surface area contributed by atoms with Gasteiger partial charge in [-0.15, -0.1) is 0 Å². The predicted molar refractivity (Wildman–Crippen MR) is 101 cm³/mol. The molecule has 6 nitrogen and oxygen atoms in total. The van der Waals surface area contributed by atoms with Crippen LogP contribution < -0.4 is 5.32 Å². The van der Waals surface area contributed by atoms with Gasteiger partial charge in [0.25, 0.3) is 0 Å². The monoisotopic (exact) mass is 407 g/mol. The number of hydrogen-bond donors (Lipinski definition) is 1. The van der Waals surface area contributed by atoms with Crippen molar-refractivity contribution >= 4 is 11.7 Å². The average Bonchev–Trinajstić information content (AvgIpc) is 3.33. The number of alkyl halides is 3. The van der Waals surface area contributed by atoms with Crippen LogP contribution in [0.2, 0.25) is 0 Å². The van der Waals surface area contributed by atoms with Crippen molar-refractivity contribution in [1.29, 1.82) is 0 Å². The Hall–Kier alpha value is -2.58. The Morgan fingerprint density at radius 1 is 1.34 bits per heavy atom. The summed E-state index contributed by atoms with van der Waals surface area (Å²) in [5, 5.41) is 7.48. The molecule has 2 aromatic heterocycles. The van der Waals surface area contributed by atoms with E-state index in [4.69, 9.17) is 0 Å². The van der Waals surface area contributed by atoms with Gasteiger partial charge in [-0.1, -0.05) is 13.0 Å². The Balaban J connectivity index is 1.58. The number of pyridine rings is 1. The first-order valence-corrected chi connectivity index (χ1v) is 9.99. The van der Waals surface area contributed by atoms with Crippen LogP contribution in [0.5, 0.6) is 0 Å². The van der Waals surface area contributed by atoms with Crippen molar-refractivity contribution in [1.82, 2.24) is 19.7 Å². The minimum atomic E-state index is -4.36. The maximum Gasteiger partial charge on any atom is 0.410 e. The highest BCUT2D eigenvalue weighted by molar-refractivity contribution is 5.79. The minimum Gasteiger partial charge on any atom is -0.367 e. The second-order valence-electron chi connectivity index (χ2n) is 7.68. The molecule has 2 aliphatic heterocycles. The largest absolute Gasteiger partial charge is 0.410 e. The second-order valence-corrected chi connectivity index (χ2v) is 7.68. The lowest BCUT2D eigenvalue weighted by Gasteiger charge is -2.32. The molecule has 2 aromatic rings. The van der Waals surface area contributed by atoms with Gasteiger partial charge in [0.15, 0.2) is 6.04 Å². The molecule has 0 unspecified atom stereocenters. The number of halogens is 3. The number of nitrogens with one attached hydrogen (secondary N) is 1. The van der Waals surface area contributed by atoms with Gasteiger partial charge in [0, 0.05) is 30.5 Å². The van der Waals surface area contributed by atoms with Gasteiger partial charge in [0.2, 0.25) is 5.91 Å². The number of hydrogen-bond acceptors (Lipinski definition) is 4. The number of carbonyl (C=O) groups is 1. The number of rotatable bonds is 4. The molecular weight excluding hydrogens is 383 g/mol. The normalized spacial score (nSPS) is 24.3. The molecular formula is C20H24F3N5O. The highest BCUT2D eigenvalue weighted by Gasteiger charge is 2.46. The molecule has 2 aliphatic rings. The fourth-order valence-electron chi connectivity index (χ4n) is 4.23. The summed E-state index contributed by atoms with van der Waals surface area (Å²) in [6.07, 6.45) is -0.496. The van der Waals surface area contributed by atoms with Crippen molar-refractivity contribution in [3.05, 3.63) is 41.9 Å². The molecule has 1 amide bonds. The van der Waals surface area contributed by atoms with Gasteiger partial charge in [0.1, 0.15) is 5.82 Å². The average molecular weight is 407 g/mol. The van der Waals surface area contributed by atoms with Crippen molar-refractivity contribution in [2.45, 2.75) is 63.3 Å². The smallest absolute Gasteiger partial charge is 0.367 e. The third-order valence-corrected chi connectivity index (χ3v) is 5.75. The molecule has 156 valence electrons. The molecule has 1 N–H and O–H groups in total. The summed E-state index contributed by atoms with van der Waals surface area (Å²) in [5.41, 5.74) is 1.20. The zero-order chi connectivity index (χ0) is 20.6. The van der Waals surface area contributed by atoms with E-state index in [0.29, 0.717) is 36.6 Å². The van der Waals surface area contributed by atoms with E-state index in [0.717, 1.165) is 11.1 Å². The Kier molecular flexibility index (Phi) is 5.23. The first kappa shape index (κ1) is 19.7. The van der Waals surface area contributed by atoms with Gasteiger partial charge in [0.05, 0.1) is 18.2 Å². The first-order valence-electron chi connectivity index (χ1n) is 9.99. The fourth-order valence-corrected chi connectivity index (χ4v) is 4.23. The molecule has 0 aromatic carbocycles. The molecule has 3 atom stereocenters. The van der Waals surface area contributed by atoms with Crippen molar-refractivity contribution in [2.75, 3.05) is 11.9 Å². The van der Waals surface area contributed by atoms with Crippen molar-refractivity contribution < 1.29 is 18.0 Å². The van der Waals surface area contributed by atoms with Crippen LogP contribution in [0.3, 0.4) is 0 Å². The van der Waals surface area contributed by atoms with Crippen LogP contribution in [-0.2, 0) is 11.2 Å². The number of fused-ring (bicyclic) bond motifs is 1. The van der Waals surface area contributed by atoms with Gasteiger partial charge < -0.3 is 10.2 Å². The van der Waals surface area contributed by atoms with Gasteiger partial charge in [-0.2, -0.15) is 18.3 Å². The van der Waals surface area contributed by atoms with E-state index in [1.54, 1.807) is 29.3 Å². The van der Waals surface area contributed by atoms with Crippen LogP contribution in [0.4, 0.5) is 19.0 Å². The van der Waals surface area contributed by atoms with E-state index < -0.39 is 12.2 Å². The zero-order valence-electron chi connectivity index (χ0n) is 16.2.